The fourth-order valence-electron chi connectivity index (χ4n) is 3.20. The van der Waals surface area contributed by atoms with E-state index in [0.29, 0.717) is 6.04 Å². The van der Waals surface area contributed by atoms with Crippen LogP contribution in [-0.4, -0.2) is 56.7 Å². The van der Waals surface area contributed by atoms with Gasteiger partial charge in [0.15, 0.2) is 0 Å². The van der Waals surface area contributed by atoms with Crippen LogP contribution in [0.25, 0.3) is 0 Å². The lowest BCUT2D eigenvalue weighted by atomic mass is 10.0. The molecule has 1 aromatic rings. The number of likely N-dealkylation sites (tertiary alicyclic amines) is 1. The number of hydrogen-bond acceptors (Lipinski definition) is 4. The third-order valence-corrected chi connectivity index (χ3v) is 4.49. The fraction of sp³-hybridized carbons (Fsp3) is 0.647. The van der Waals surface area contributed by atoms with Crippen molar-refractivity contribution in [1.29, 1.82) is 0 Å². The third kappa shape index (κ3) is 4.19. The first-order valence-electron chi connectivity index (χ1n) is 7.80. The molecule has 2 N–H and O–H groups in total. The zero-order valence-corrected chi connectivity index (χ0v) is 13.8. The SMILES string of the molecule is COc1ccc(C)cc1C(N)CN(C)C1CCCN(C)C1. The zero-order chi connectivity index (χ0) is 15.4. The highest BCUT2D eigenvalue weighted by atomic mass is 16.5. The third-order valence-electron chi connectivity index (χ3n) is 4.49. The molecule has 0 spiro atoms. The van der Waals surface area contributed by atoms with Gasteiger partial charge < -0.3 is 20.3 Å². The molecular formula is C17H29N3O. The van der Waals surface area contributed by atoms with Crippen LogP contribution in [0.4, 0.5) is 0 Å². The van der Waals surface area contributed by atoms with Gasteiger partial charge in [-0.25, -0.2) is 0 Å². The number of methoxy groups -OCH3 is 1. The van der Waals surface area contributed by atoms with Crippen molar-refractivity contribution in [3.05, 3.63) is 29.3 Å². The highest BCUT2D eigenvalue weighted by Crippen LogP contribution is 2.26. The van der Waals surface area contributed by atoms with E-state index in [9.17, 15) is 0 Å². The summed E-state index contributed by atoms with van der Waals surface area (Å²) < 4.78 is 5.46. The number of benzene rings is 1. The number of nitrogens with zero attached hydrogens (tertiary/aromatic N) is 2. The molecule has 4 nitrogen and oxygen atoms in total. The van der Waals surface area contributed by atoms with E-state index in [4.69, 9.17) is 10.5 Å². The lowest BCUT2D eigenvalue weighted by Crippen LogP contribution is -2.46. The Hall–Kier alpha value is -1.10. The van der Waals surface area contributed by atoms with Gasteiger partial charge in [-0.3, -0.25) is 0 Å². The minimum atomic E-state index is -0.0166. The van der Waals surface area contributed by atoms with Crippen LogP contribution in [0.2, 0.25) is 0 Å². The summed E-state index contributed by atoms with van der Waals surface area (Å²) in [7, 11) is 6.09. The van der Waals surface area contributed by atoms with Crippen LogP contribution >= 0.6 is 0 Å². The van der Waals surface area contributed by atoms with E-state index in [1.54, 1.807) is 7.11 Å². The molecule has 1 aliphatic heterocycles. The molecule has 2 atom stereocenters. The van der Waals surface area contributed by atoms with Gasteiger partial charge in [-0.05, 0) is 46.5 Å². The van der Waals surface area contributed by atoms with Gasteiger partial charge in [0.1, 0.15) is 5.75 Å². The lowest BCUT2D eigenvalue weighted by molar-refractivity contribution is 0.129. The first-order valence-corrected chi connectivity index (χ1v) is 7.80. The molecule has 0 saturated carbocycles. The van der Waals surface area contributed by atoms with E-state index < -0.39 is 0 Å². The van der Waals surface area contributed by atoms with Crippen LogP contribution in [0.5, 0.6) is 5.75 Å². The van der Waals surface area contributed by atoms with Gasteiger partial charge in [0.25, 0.3) is 0 Å². The van der Waals surface area contributed by atoms with Gasteiger partial charge in [0.2, 0.25) is 0 Å². The van der Waals surface area contributed by atoms with Crippen molar-refractivity contribution in [3.63, 3.8) is 0 Å². The van der Waals surface area contributed by atoms with Crippen molar-refractivity contribution in [3.8, 4) is 5.75 Å². The molecule has 0 amide bonds. The van der Waals surface area contributed by atoms with Gasteiger partial charge in [0, 0.05) is 30.7 Å². The maximum atomic E-state index is 6.45. The molecule has 1 heterocycles. The number of nitrogens with two attached hydrogens (primary N) is 1. The summed E-state index contributed by atoms with van der Waals surface area (Å²) in [4.78, 5) is 4.81. The normalized spacial score (nSPS) is 21.5. The summed E-state index contributed by atoms with van der Waals surface area (Å²) in [6.45, 7) is 5.30. The summed E-state index contributed by atoms with van der Waals surface area (Å²) in [6.07, 6.45) is 2.53. The van der Waals surface area contributed by atoms with Crippen LogP contribution in [0.3, 0.4) is 0 Å². The molecule has 1 saturated heterocycles. The van der Waals surface area contributed by atoms with Gasteiger partial charge in [-0.15, -0.1) is 0 Å². The van der Waals surface area contributed by atoms with Crippen molar-refractivity contribution >= 4 is 0 Å². The van der Waals surface area contributed by atoms with Gasteiger partial charge in [0.05, 0.1) is 7.11 Å². The largest absolute Gasteiger partial charge is 0.496 e. The predicted octanol–water partition coefficient (Wildman–Crippen LogP) is 2.03. The Morgan fingerprint density at radius 2 is 2.24 bits per heavy atom. The fourth-order valence-corrected chi connectivity index (χ4v) is 3.20. The second-order valence-electron chi connectivity index (χ2n) is 6.35. The second-order valence-corrected chi connectivity index (χ2v) is 6.35. The van der Waals surface area contributed by atoms with Crippen LogP contribution in [0, 0.1) is 6.92 Å². The van der Waals surface area contributed by atoms with Gasteiger partial charge in [-0.2, -0.15) is 0 Å². The van der Waals surface area contributed by atoms with E-state index in [1.165, 1.54) is 24.9 Å². The van der Waals surface area contributed by atoms with Crippen molar-refractivity contribution in [2.75, 3.05) is 40.8 Å². The van der Waals surface area contributed by atoms with E-state index in [0.717, 1.165) is 24.4 Å². The smallest absolute Gasteiger partial charge is 0.123 e. The van der Waals surface area contributed by atoms with E-state index in [2.05, 4.69) is 43.0 Å². The van der Waals surface area contributed by atoms with E-state index >= 15 is 0 Å². The van der Waals surface area contributed by atoms with E-state index in [-0.39, 0.29) is 6.04 Å². The highest BCUT2D eigenvalue weighted by molar-refractivity contribution is 5.39. The molecule has 1 aromatic carbocycles. The minimum absolute atomic E-state index is 0.0166. The molecule has 2 rings (SSSR count). The molecule has 0 aliphatic carbocycles. The standard InChI is InChI=1S/C17H29N3O/c1-13-7-8-17(21-4)15(10-13)16(18)12-20(3)14-6-5-9-19(2)11-14/h7-8,10,14,16H,5-6,9,11-12,18H2,1-4H3. The van der Waals surface area contributed by atoms with Crippen molar-refractivity contribution < 1.29 is 4.74 Å². The number of hydrogen-bond donors (Lipinski definition) is 1. The monoisotopic (exact) mass is 291 g/mol. The number of likely N-dealkylation sites (N-methyl/N-ethyl adjacent to an activating group) is 2. The molecule has 2 unspecified atom stereocenters. The Labute approximate surface area is 128 Å². The molecule has 4 heteroatoms. The van der Waals surface area contributed by atoms with Gasteiger partial charge >= 0.3 is 0 Å². The maximum absolute atomic E-state index is 6.45. The zero-order valence-electron chi connectivity index (χ0n) is 13.8. The summed E-state index contributed by atoms with van der Waals surface area (Å²) in [5.41, 5.74) is 8.78. The molecule has 0 bridgehead atoms. The second kappa shape index (κ2) is 7.25. The van der Waals surface area contributed by atoms with Crippen LogP contribution < -0.4 is 10.5 Å². The molecule has 0 radical (unpaired) electrons. The number of rotatable bonds is 5. The lowest BCUT2D eigenvalue weighted by Gasteiger charge is -2.37. The molecule has 21 heavy (non-hydrogen) atoms. The molecule has 1 fully saturated rings. The summed E-state index contributed by atoms with van der Waals surface area (Å²) >= 11 is 0. The Bertz CT molecular complexity index is 463. The van der Waals surface area contributed by atoms with Crippen molar-refractivity contribution in [1.82, 2.24) is 9.80 Å². The first-order chi connectivity index (χ1) is 10.0. The predicted molar refractivity (Wildman–Crippen MR) is 87.8 cm³/mol. The molecule has 0 aromatic heterocycles. The summed E-state index contributed by atoms with van der Waals surface area (Å²) in [5.74, 6) is 0.891. The van der Waals surface area contributed by atoms with Crippen LogP contribution in [-0.2, 0) is 0 Å². The van der Waals surface area contributed by atoms with E-state index in [1.807, 2.05) is 6.07 Å². The molecule has 118 valence electrons. The van der Waals surface area contributed by atoms with Crippen LogP contribution in [0.1, 0.15) is 30.0 Å². The minimum Gasteiger partial charge on any atom is -0.496 e. The maximum Gasteiger partial charge on any atom is 0.123 e. The molecular weight excluding hydrogens is 262 g/mol. The van der Waals surface area contributed by atoms with Crippen LogP contribution in [0.15, 0.2) is 18.2 Å². The quantitative estimate of drug-likeness (QED) is 0.901. The first kappa shape index (κ1) is 16.3. The Kier molecular flexibility index (Phi) is 5.62. The Balaban J connectivity index is 2.03. The Morgan fingerprint density at radius 1 is 1.48 bits per heavy atom. The number of piperidine rings is 1. The average Bonchev–Trinajstić information content (AvgIpc) is 2.47. The summed E-state index contributed by atoms with van der Waals surface area (Å²) in [5, 5.41) is 0. The van der Waals surface area contributed by atoms with Gasteiger partial charge in [-0.1, -0.05) is 17.7 Å². The topological polar surface area (TPSA) is 41.7 Å². The average molecular weight is 291 g/mol. The Morgan fingerprint density at radius 3 is 2.90 bits per heavy atom. The molecule has 1 aliphatic rings. The number of ether oxygens (including phenoxy) is 1. The highest BCUT2D eigenvalue weighted by Gasteiger charge is 2.23. The number of aryl methyl sites for hydroxylation is 1. The summed E-state index contributed by atoms with van der Waals surface area (Å²) in [6, 6.07) is 6.81. The van der Waals surface area contributed by atoms with Crippen molar-refractivity contribution in [2.45, 2.75) is 31.8 Å². The van der Waals surface area contributed by atoms with Crippen molar-refractivity contribution in [2.24, 2.45) is 5.73 Å².